The van der Waals surface area contributed by atoms with Crippen LogP contribution in [0.4, 0.5) is 11.4 Å². The molecule has 0 amide bonds. The summed E-state index contributed by atoms with van der Waals surface area (Å²) in [5.74, 6) is 2.98. The molecule has 0 saturated carbocycles. The molecule has 0 atom stereocenters. The van der Waals surface area contributed by atoms with Gasteiger partial charge in [0.15, 0.2) is 17.3 Å². The minimum absolute atomic E-state index is 0.0648. The Balaban J connectivity index is 2.12. The zero-order valence-corrected chi connectivity index (χ0v) is 21.7. The molecule has 0 bridgehead atoms. The first kappa shape index (κ1) is 26.8. The highest BCUT2D eigenvalue weighted by Gasteiger charge is 2.18. The maximum Gasteiger partial charge on any atom is 0.162 e. The van der Waals surface area contributed by atoms with Gasteiger partial charge in [-0.15, -0.1) is 0 Å². The molecular weight excluding hydrogens is 458 g/mol. The van der Waals surface area contributed by atoms with Crippen LogP contribution in [-0.2, 0) is 4.74 Å². The molecule has 1 N–H and O–H groups in total. The van der Waals surface area contributed by atoms with Gasteiger partial charge >= 0.3 is 0 Å². The van der Waals surface area contributed by atoms with Gasteiger partial charge in [-0.2, -0.15) is 0 Å². The van der Waals surface area contributed by atoms with Crippen LogP contribution in [0.5, 0.6) is 17.2 Å². The molecule has 0 saturated heterocycles. The molecule has 0 aliphatic carbocycles. The summed E-state index contributed by atoms with van der Waals surface area (Å²) in [6.45, 7) is 8.82. The van der Waals surface area contributed by atoms with Crippen LogP contribution in [0.25, 0.3) is 11.3 Å². The van der Waals surface area contributed by atoms with Gasteiger partial charge in [0.05, 0.1) is 26.1 Å². The second-order valence-electron chi connectivity index (χ2n) is 7.95. The number of nitrogens with one attached hydrogen (secondary N) is 1. The van der Waals surface area contributed by atoms with Crippen molar-refractivity contribution in [1.82, 2.24) is 0 Å². The molecular formula is C28H35N3O5. The molecule has 0 fully saturated rings. The first-order chi connectivity index (χ1) is 17.6. The van der Waals surface area contributed by atoms with E-state index in [0.717, 1.165) is 35.4 Å². The summed E-state index contributed by atoms with van der Waals surface area (Å²) in [5.41, 5.74) is 2.95. The van der Waals surface area contributed by atoms with Crippen molar-refractivity contribution in [1.29, 1.82) is 0 Å². The van der Waals surface area contributed by atoms with E-state index in [1.807, 2.05) is 49.5 Å². The average Bonchev–Trinajstić information content (AvgIpc) is 3.46. The van der Waals surface area contributed by atoms with E-state index in [1.165, 1.54) is 0 Å². The summed E-state index contributed by atoms with van der Waals surface area (Å²) < 4.78 is 28.5. The first-order valence-electron chi connectivity index (χ1n) is 12.0. The van der Waals surface area contributed by atoms with Crippen molar-refractivity contribution in [2.24, 2.45) is 9.98 Å². The average molecular weight is 494 g/mol. The number of ether oxygens (including phenoxy) is 4. The van der Waals surface area contributed by atoms with Crippen molar-refractivity contribution in [2.45, 2.75) is 32.8 Å². The third kappa shape index (κ3) is 6.46. The monoisotopic (exact) mass is 493 g/mol. The van der Waals surface area contributed by atoms with Crippen molar-refractivity contribution >= 4 is 23.9 Å². The Hall–Kier alpha value is -3.78. The largest absolute Gasteiger partial charge is 0.493 e. The van der Waals surface area contributed by atoms with E-state index in [0.29, 0.717) is 42.0 Å². The number of methoxy groups -OCH3 is 2. The molecule has 0 unspecified atom stereocenters. The minimum atomic E-state index is 0.0648. The van der Waals surface area contributed by atoms with Crippen molar-refractivity contribution in [2.75, 3.05) is 39.8 Å². The van der Waals surface area contributed by atoms with Crippen LogP contribution in [0.3, 0.4) is 0 Å². The number of hydrogen-bond acceptors (Lipinski definition) is 7. The number of nitrogens with zero attached hydrogens (tertiary/aromatic N) is 2. The molecule has 2 aromatic carbocycles. The zero-order chi connectivity index (χ0) is 25.9. The molecule has 36 heavy (non-hydrogen) atoms. The molecule has 8 nitrogen and oxygen atoms in total. The fourth-order valence-corrected chi connectivity index (χ4v) is 3.69. The van der Waals surface area contributed by atoms with Crippen molar-refractivity contribution in [3.8, 4) is 28.6 Å². The van der Waals surface area contributed by atoms with Gasteiger partial charge in [-0.3, -0.25) is 0 Å². The quantitative estimate of drug-likeness (QED) is 0.169. The molecule has 1 aromatic heterocycles. The number of hydrogen-bond donors (Lipinski definition) is 1. The van der Waals surface area contributed by atoms with Gasteiger partial charge in [0, 0.05) is 37.0 Å². The Morgan fingerprint density at radius 3 is 2.44 bits per heavy atom. The van der Waals surface area contributed by atoms with Crippen LogP contribution in [0, 0.1) is 0 Å². The van der Waals surface area contributed by atoms with Crippen LogP contribution in [0.2, 0.25) is 0 Å². The second-order valence-corrected chi connectivity index (χ2v) is 7.95. The molecule has 192 valence electrons. The Kier molecular flexibility index (Phi) is 9.94. The normalized spacial score (nSPS) is 11.4. The summed E-state index contributed by atoms with van der Waals surface area (Å²) in [7, 11) is 5.09. The zero-order valence-electron chi connectivity index (χ0n) is 21.7. The van der Waals surface area contributed by atoms with Crippen LogP contribution in [0.15, 0.2) is 63.1 Å². The Labute approximate surface area is 213 Å². The SMILES string of the molecule is C=NC(=Nc1cc(-c2ccco2)ccc1OCCOC)c1cc(OC(CC)CC)c(OC)cc1NC. The topological polar surface area (TPSA) is 86.8 Å². The molecule has 1 heterocycles. The highest BCUT2D eigenvalue weighted by atomic mass is 16.5. The third-order valence-corrected chi connectivity index (χ3v) is 5.70. The van der Waals surface area contributed by atoms with Crippen LogP contribution < -0.4 is 19.5 Å². The van der Waals surface area contributed by atoms with E-state index >= 15 is 0 Å². The number of rotatable bonds is 13. The number of aliphatic imine (C=N–C) groups is 2. The molecule has 0 radical (unpaired) electrons. The molecule has 0 aliphatic rings. The number of amidine groups is 1. The molecule has 3 rings (SSSR count). The van der Waals surface area contributed by atoms with Gasteiger partial charge in [-0.25, -0.2) is 9.98 Å². The molecule has 3 aromatic rings. The minimum Gasteiger partial charge on any atom is -0.493 e. The second kappa shape index (κ2) is 13.3. The lowest BCUT2D eigenvalue weighted by molar-refractivity contribution is 0.146. The van der Waals surface area contributed by atoms with Crippen LogP contribution in [-0.4, -0.2) is 53.1 Å². The highest BCUT2D eigenvalue weighted by molar-refractivity contribution is 6.07. The Morgan fingerprint density at radius 1 is 1.03 bits per heavy atom. The third-order valence-electron chi connectivity index (χ3n) is 5.70. The summed E-state index contributed by atoms with van der Waals surface area (Å²) in [4.78, 5) is 9.13. The first-order valence-corrected chi connectivity index (χ1v) is 12.0. The van der Waals surface area contributed by atoms with Gasteiger partial charge in [0.25, 0.3) is 0 Å². The maximum absolute atomic E-state index is 6.26. The van der Waals surface area contributed by atoms with Gasteiger partial charge in [0.1, 0.15) is 23.8 Å². The van der Waals surface area contributed by atoms with E-state index < -0.39 is 0 Å². The lowest BCUT2D eigenvalue weighted by atomic mass is 10.1. The highest BCUT2D eigenvalue weighted by Crippen LogP contribution is 2.38. The predicted molar refractivity (Wildman–Crippen MR) is 145 cm³/mol. The van der Waals surface area contributed by atoms with E-state index in [2.05, 4.69) is 30.9 Å². The summed E-state index contributed by atoms with van der Waals surface area (Å²) >= 11 is 0. The summed E-state index contributed by atoms with van der Waals surface area (Å²) in [6, 6.07) is 13.2. The van der Waals surface area contributed by atoms with Gasteiger partial charge < -0.3 is 28.7 Å². The van der Waals surface area contributed by atoms with Crippen molar-refractivity contribution in [3.05, 3.63) is 54.3 Å². The Bertz CT molecular complexity index is 1150. The van der Waals surface area contributed by atoms with E-state index in [9.17, 15) is 0 Å². The van der Waals surface area contributed by atoms with E-state index in [1.54, 1.807) is 20.5 Å². The maximum atomic E-state index is 6.26. The van der Waals surface area contributed by atoms with Crippen LogP contribution >= 0.6 is 0 Å². The van der Waals surface area contributed by atoms with Gasteiger partial charge in [-0.1, -0.05) is 13.8 Å². The number of anilines is 1. The number of benzene rings is 2. The van der Waals surface area contributed by atoms with Crippen molar-refractivity contribution < 1.29 is 23.4 Å². The smallest absolute Gasteiger partial charge is 0.162 e. The lowest BCUT2D eigenvalue weighted by Gasteiger charge is -2.20. The van der Waals surface area contributed by atoms with Crippen molar-refractivity contribution in [3.63, 3.8) is 0 Å². The molecule has 8 heteroatoms. The van der Waals surface area contributed by atoms with E-state index in [-0.39, 0.29) is 6.10 Å². The predicted octanol–water partition coefficient (Wildman–Crippen LogP) is 6.37. The standard InChI is InChI=1S/C28H35N3O5/c1-7-20(8-2)36-27-17-21(22(29-3)18-26(27)33-6)28(30-4)31-23-16-19(24-10-9-13-34-24)11-12-25(23)35-15-14-32-5/h9-13,16-18,20,29H,4,7-8,14-15H2,1-3,5-6H3. The fraction of sp³-hybridized carbons (Fsp3) is 0.357. The summed E-state index contributed by atoms with van der Waals surface area (Å²) in [6.07, 6.45) is 3.46. The van der Waals surface area contributed by atoms with Crippen LogP contribution in [0.1, 0.15) is 32.3 Å². The van der Waals surface area contributed by atoms with Gasteiger partial charge in [-0.05, 0) is 56.0 Å². The molecule has 0 spiro atoms. The fourth-order valence-electron chi connectivity index (χ4n) is 3.69. The summed E-state index contributed by atoms with van der Waals surface area (Å²) in [5, 5.41) is 3.20. The van der Waals surface area contributed by atoms with E-state index in [4.69, 9.17) is 28.4 Å². The molecule has 0 aliphatic heterocycles. The number of furan rings is 1. The Morgan fingerprint density at radius 2 is 1.83 bits per heavy atom. The van der Waals surface area contributed by atoms with Gasteiger partial charge in [0.2, 0.25) is 0 Å². The lowest BCUT2D eigenvalue weighted by Crippen LogP contribution is -2.15.